The summed E-state index contributed by atoms with van der Waals surface area (Å²) in [6.07, 6.45) is 1.52. The minimum Gasteiger partial charge on any atom is -0.467 e. The summed E-state index contributed by atoms with van der Waals surface area (Å²) in [6.45, 7) is 0.262. The summed E-state index contributed by atoms with van der Waals surface area (Å²) < 4.78 is 29.9. The van der Waals surface area contributed by atoms with Crippen molar-refractivity contribution >= 4 is 15.9 Å². The normalized spacial score (nSPS) is 11.6. The lowest BCUT2D eigenvalue weighted by molar-refractivity contribution is -0.0258. The van der Waals surface area contributed by atoms with Gasteiger partial charge in [-0.2, -0.15) is 0 Å². The number of furan rings is 1. The molecule has 0 unspecified atom stereocenters. The van der Waals surface area contributed by atoms with E-state index in [1.54, 1.807) is 12.1 Å². The van der Waals surface area contributed by atoms with Gasteiger partial charge in [-0.15, -0.1) is 0 Å². The molecular formula is C14H16N2O5S. The third-order valence-corrected chi connectivity index (χ3v) is 4.71. The van der Waals surface area contributed by atoms with Crippen molar-refractivity contribution in [3.05, 3.63) is 54.0 Å². The number of rotatable bonds is 6. The van der Waals surface area contributed by atoms with Gasteiger partial charge in [-0.25, -0.2) is 8.42 Å². The molecule has 1 heterocycles. The van der Waals surface area contributed by atoms with Crippen molar-refractivity contribution in [3.8, 4) is 0 Å². The molecule has 0 radical (unpaired) electrons. The van der Waals surface area contributed by atoms with E-state index in [1.807, 2.05) is 0 Å². The molecule has 0 fully saturated rings. The summed E-state index contributed by atoms with van der Waals surface area (Å²) in [5.74, 6) is 0.315. The van der Waals surface area contributed by atoms with Crippen molar-refractivity contribution < 1.29 is 22.5 Å². The number of hydroxylamine groups is 1. The van der Waals surface area contributed by atoms with Crippen LogP contribution in [0.5, 0.6) is 0 Å². The van der Waals surface area contributed by atoms with E-state index < -0.39 is 10.0 Å². The molecule has 1 amide bonds. The van der Waals surface area contributed by atoms with Gasteiger partial charge in [0, 0.05) is 12.6 Å². The van der Waals surface area contributed by atoms with Crippen LogP contribution in [0.15, 0.2) is 52.0 Å². The first kappa shape index (κ1) is 16.2. The van der Waals surface area contributed by atoms with Gasteiger partial charge in [0.1, 0.15) is 5.76 Å². The predicted molar refractivity (Wildman–Crippen MR) is 78.3 cm³/mol. The predicted octanol–water partition coefficient (Wildman–Crippen LogP) is 1.39. The number of amides is 1. The van der Waals surface area contributed by atoms with E-state index in [2.05, 4.69) is 10.2 Å². The van der Waals surface area contributed by atoms with Crippen LogP contribution >= 0.6 is 0 Å². The van der Waals surface area contributed by atoms with Crippen molar-refractivity contribution in [2.45, 2.75) is 11.4 Å². The van der Waals surface area contributed by atoms with Crippen molar-refractivity contribution in [2.24, 2.45) is 0 Å². The third kappa shape index (κ3) is 3.53. The zero-order valence-electron chi connectivity index (χ0n) is 12.1. The Kier molecular flexibility index (Phi) is 4.96. The van der Waals surface area contributed by atoms with E-state index in [0.717, 1.165) is 4.47 Å². The topological polar surface area (TPSA) is 88.8 Å². The standard InChI is InChI=1S/C14H16N2O5S/c1-16(20-2)22(18,19)13-7-5-11(6-8-13)14(17)15-10-12-4-3-9-21-12/h3-9H,10H2,1-2H3,(H,15,17). The maximum Gasteiger partial charge on any atom is 0.264 e. The number of nitrogens with zero attached hydrogens (tertiary/aromatic N) is 1. The number of hydrogen-bond acceptors (Lipinski definition) is 5. The van der Waals surface area contributed by atoms with E-state index in [4.69, 9.17) is 4.42 Å². The van der Waals surface area contributed by atoms with Crippen molar-refractivity contribution in [1.29, 1.82) is 0 Å². The lowest BCUT2D eigenvalue weighted by Gasteiger charge is -2.14. The number of carbonyl (C=O) groups excluding carboxylic acids is 1. The summed E-state index contributed by atoms with van der Waals surface area (Å²) in [5.41, 5.74) is 0.352. The number of benzene rings is 1. The van der Waals surface area contributed by atoms with Crippen LogP contribution in [-0.4, -0.2) is 33.0 Å². The van der Waals surface area contributed by atoms with Crippen LogP contribution in [0.3, 0.4) is 0 Å². The van der Waals surface area contributed by atoms with Gasteiger partial charge in [-0.05, 0) is 36.4 Å². The molecule has 0 aliphatic rings. The monoisotopic (exact) mass is 324 g/mol. The summed E-state index contributed by atoms with van der Waals surface area (Å²) in [4.78, 5) is 16.7. The number of sulfonamides is 1. The van der Waals surface area contributed by atoms with Crippen LogP contribution in [0.2, 0.25) is 0 Å². The molecule has 0 atom stereocenters. The fraction of sp³-hybridized carbons (Fsp3) is 0.214. The van der Waals surface area contributed by atoms with Gasteiger partial charge in [0.15, 0.2) is 0 Å². The molecule has 0 aliphatic carbocycles. The van der Waals surface area contributed by atoms with Gasteiger partial charge < -0.3 is 9.73 Å². The van der Waals surface area contributed by atoms with Crippen LogP contribution in [-0.2, 0) is 21.4 Å². The maximum absolute atomic E-state index is 12.0. The second kappa shape index (κ2) is 6.73. The Morgan fingerprint density at radius 3 is 2.50 bits per heavy atom. The van der Waals surface area contributed by atoms with E-state index in [9.17, 15) is 13.2 Å². The van der Waals surface area contributed by atoms with E-state index in [-0.39, 0.29) is 17.3 Å². The second-order valence-electron chi connectivity index (χ2n) is 4.38. The fourth-order valence-electron chi connectivity index (χ4n) is 1.71. The van der Waals surface area contributed by atoms with E-state index in [1.165, 1.54) is 44.7 Å². The molecule has 0 spiro atoms. The zero-order chi connectivity index (χ0) is 16.2. The molecule has 0 aliphatic heterocycles. The zero-order valence-corrected chi connectivity index (χ0v) is 13.0. The van der Waals surface area contributed by atoms with Crippen LogP contribution in [0, 0.1) is 0 Å². The fourth-order valence-corrected chi connectivity index (χ4v) is 2.68. The second-order valence-corrected chi connectivity index (χ2v) is 6.32. The highest BCUT2D eigenvalue weighted by Crippen LogP contribution is 2.15. The molecule has 0 saturated heterocycles. The lowest BCUT2D eigenvalue weighted by atomic mass is 10.2. The average Bonchev–Trinajstić information content (AvgIpc) is 3.05. The first-order chi connectivity index (χ1) is 10.4. The van der Waals surface area contributed by atoms with Crippen molar-refractivity contribution in [2.75, 3.05) is 14.2 Å². The molecule has 2 rings (SSSR count). The van der Waals surface area contributed by atoms with Gasteiger partial charge in [-0.3, -0.25) is 9.63 Å². The lowest BCUT2D eigenvalue weighted by Crippen LogP contribution is -2.26. The first-order valence-corrected chi connectivity index (χ1v) is 7.83. The van der Waals surface area contributed by atoms with E-state index in [0.29, 0.717) is 11.3 Å². The Morgan fingerprint density at radius 2 is 1.95 bits per heavy atom. The molecule has 0 saturated carbocycles. The molecule has 2 aromatic rings. The van der Waals surface area contributed by atoms with Crippen molar-refractivity contribution in [3.63, 3.8) is 0 Å². The third-order valence-electron chi connectivity index (χ3n) is 3.01. The Balaban J connectivity index is 2.07. The molecule has 0 bridgehead atoms. The smallest absolute Gasteiger partial charge is 0.264 e. The van der Waals surface area contributed by atoms with Crippen LogP contribution < -0.4 is 5.32 Å². The molecule has 7 nitrogen and oxygen atoms in total. The Bertz CT molecular complexity index is 723. The number of carbonyl (C=O) groups is 1. The molecule has 118 valence electrons. The Labute approximate surface area is 128 Å². The average molecular weight is 324 g/mol. The summed E-state index contributed by atoms with van der Waals surface area (Å²) >= 11 is 0. The quantitative estimate of drug-likeness (QED) is 0.811. The largest absolute Gasteiger partial charge is 0.467 e. The van der Waals surface area contributed by atoms with Gasteiger partial charge in [-0.1, -0.05) is 4.47 Å². The minimum atomic E-state index is -3.71. The summed E-state index contributed by atoms with van der Waals surface area (Å²) in [7, 11) is -1.17. The molecule has 1 N–H and O–H groups in total. The highest BCUT2D eigenvalue weighted by Gasteiger charge is 2.20. The Hall–Kier alpha value is -2.16. The minimum absolute atomic E-state index is 0.0411. The Morgan fingerprint density at radius 1 is 1.27 bits per heavy atom. The molecule has 1 aromatic heterocycles. The van der Waals surface area contributed by atoms with E-state index >= 15 is 0 Å². The molecule has 1 aromatic carbocycles. The van der Waals surface area contributed by atoms with Gasteiger partial charge in [0.25, 0.3) is 15.9 Å². The highest BCUT2D eigenvalue weighted by molar-refractivity contribution is 7.89. The van der Waals surface area contributed by atoms with Crippen LogP contribution in [0.25, 0.3) is 0 Å². The van der Waals surface area contributed by atoms with Crippen LogP contribution in [0.4, 0.5) is 0 Å². The summed E-state index contributed by atoms with van der Waals surface area (Å²) in [5, 5.41) is 2.68. The number of hydrogen-bond donors (Lipinski definition) is 1. The summed E-state index contributed by atoms with van der Waals surface area (Å²) in [6, 6.07) is 9.06. The maximum atomic E-state index is 12.0. The SMILES string of the molecule is CON(C)S(=O)(=O)c1ccc(C(=O)NCc2ccco2)cc1. The van der Waals surface area contributed by atoms with Crippen molar-refractivity contribution in [1.82, 2.24) is 9.79 Å². The molecular weight excluding hydrogens is 308 g/mol. The van der Waals surface area contributed by atoms with Crippen LogP contribution in [0.1, 0.15) is 16.1 Å². The van der Waals surface area contributed by atoms with Gasteiger partial charge in [0.2, 0.25) is 0 Å². The molecule has 8 heteroatoms. The highest BCUT2D eigenvalue weighted by atomic mass is 32.2. The first-order valence-electron chi connectivity index (χ1n) is 6.39. The van der Waals surface area contributed by atoms with Gasteiger partial charge >= 0.3 is 0 Å². The number of nitrogens with one attached hydrogen (secondary N) is 1. The molecule has 22 heavy (non-hydrogen) atoms. The van der Waals surface area contributed by atoms with Gasteiger partial charge in [0.05, 0.1) is 24.8 Å².